The van der Waals surface area contributed by atoms with Crippen molar-refractivity contribution in [1.29, 1.82) is 0 Å². The molecule has 2 N–H and O–H groups in total. The van der Waals surface area contributed by atoms with Crippen molar-refractivity contribution < 1.29 is 33.1 Å². The molecule has 0 spiro atoms. The van der Waals surface area contributed by atoms with Crippen LogP contribution < -0.4 is 5.32 Å². The lowest BCUT2D eigenvalue weighted by Crippen LogP contribution is -2.56. The largest absolute Gasteiger partial charge is 0.481 e. The van der Waals surface area contributed by atoms with Crippen LogP contribution in [-0.4, -0.2) is 63.9 Å². The second-order valence-electron chi connectivity index (χ2n) is 8.35. The zero-order chi connectivity index (χ0) is 23.4. The van der Waals surface area contributed by atoms with E-state index in [1.807, 2.05) is 0 Å². The van der Waals surface area contributed by atoms with Gasteiger partial charge in [0.2, 0.25) is 5.91 Å². The Kier molecular flexibility index (Phi) is 7.42. The highest BCUT2D eigenvalue weighted by Crippen LogP contribution is 2.28. The Labute approximate surface area is 184 Å². The number of hydrogen-bond donors (Lipinski definition) is 2. The van der Waals surface area contributed by atoms with Gasteiger partial charge in [0.1, 0.15) is 11.6 Å². The maximum atomic E-state index is 13.6. The molecule has 1 saturated carbocycles. The lowest BCUT2D eigenvalue weighted by molar-refractivity contribution is -0.142. The fraction of sp³-hybridized carbons (Fsp3) is 0.545. The molecule has 1 saturated heterocycles. The SMILES string of the molecule is CC(=O)N1CCN(C(=O)c2cc(F)cc(F)c2)C1C(=O)NC(CC(=O)O)C1CCCCC1. The number of carboxylic acid groups (broad SMARTS) is 1. The summed E-state index contributed by atoms with van der Waals surface area (Å²) in [5, 5.41) is 12.1. The normalized spacial score (nSPS) is 20.2. The average Bonchev–Trinajstić information content (AvgIpc) is 3.18. The monoisotopic (exact) mass is 451 g/mol. The Morgan fingerprint density at radius 2 is 1.62 bits per heavy atom. The molecule has 1 heterocycles. The summed E-state index contributed by atoms with van der Waals surface area (Å²) in [6.45, 7) is 1.33. The maximum absolute atomic E-state index is 13.6. The third-order valence-corrected chi connectivity index (χ3v) is 6.12. The zero-order valence-corrected chi connectivity index (χ0v) is 17.9. The molecule has 0 radical (unpaired) electrons. The number of carboxylic acids is 1. The van der Waals surface area contributed by atoms with Gasteiger partial charge in [-0.15, -0.1) is 0 Å². The van der Waals surface area contributed by atoms with Gasteiger partial charge in [-0.05, 0) is 30.9 Å². The van der Waals surface area contributed by atoms with Crippen LogP contribution in [0.1, 0.15) is 55.8 Å². The van der Waals surface area contributed by atoms with Crippen LogP contribution in [0.5, 0.6) is 0 Å². The fourth-order valence-corrected chi connectivity index (χ4v) is 4.61. The van der Waals surface area contributed by atoms with Crippen LogP contribution in [0.2, 0.25) is 0 Å². The minimum Gasteiger partial charge on any atom is -0.481 e. The van der Waals surface area contributed by atoms with Crippen molar-refractivity contribution in [2.45, 2.75) is 57.7 Å². The maximum Gasteiger partial charge on any atom is 0.305 e. The van der Waals surface area contributed by atoms with Gasteiger partial charge < -0.3 is 20.2 Å². The quantitative estimate of drug-likeness (QED) is 0.689. The lowest BCUT2D eigenvalue weighted by Gasteiger charge is -2.34. The van der Waals surface area contributed by atoms with Crippen LogP contribution in [0.25, 0.3) is 0 Å². The molecule has 2 fully saturated rings. The van der Waals surface area contributed by atoms with E-state index >= 15 is 0 Å². The Hall–Kier alpha value is -3.04. The van der Waals surface area contributed by atoms with Crippen molar-refractivity contribution in [3.05, 3.63) is 35.4 Å². The highest BCUT2D eigenvalue weighted by Gasteiger charge is 2.43. The molecule has 8 nitrogen and oxygen atoms in total. The first kappa shape index (κ1) is 23.6. The predicted molar refractivity (Wildman–Crippen MR) is 109 cm³/mol. The Morgan fingerprint density at radius 1 is 1.03 bits per heavy atom. The van der Waals surface area contributed by atoms with Crippen LogP contribution in [0, 0.1) is 17.6 Å². The van der Waals surface area contributed by atoms with Crippen molar-refractivity contribution in [1.82, 2.24) is 15.1 Å². The van der Waals surface area contributed by atoms with E-state index in [0.29, 0.717) is 6.07 Å². The molecule has 1 aliphatic heterocycles. The highest BCUT2D eigenvalue weighted by molar-refractivity contribution is 5.99. The minimum atomic E-state index is -1.33. The smallest absolute Gasteiger partial charge is 0.305 e. The number of benzene rings is 1. The fourth-order valence-electron chi connectivity index (χ4n) is 4.61. The van der Waals surface area contributed by atoms with Gasteiger partial charge in [-0.25, -0.2) is 8.78 Å². The first-order valence-electron chi connectivity index (χ1n) is 10.7. The Bertz CT molecular complexity index is 883. The molecular weight excluding hydrogens is 424 g/mol. The van der Waals surface area contributed by atoms with Gasteiger partial charge in [0.05, 0.1) is 6.42 Å². The number of carbonyl (C=O) groups is 4. The summed E-state index contributed by atoms with van der Waals surface area (Å²) in [5.74, 6) is -4.86. The molecule has 2 atom stereocenters. The van der Waals surface area contributed by atoms with E-state index in [0.717, 1.165) is 49.1 Å². The highest BCUT2D eigenvalue weighted by atomic mass is 19.1. The number of nitrogens with zero attached hydrogens (tertiary/aromatic N) is 2. The molecule has 1 aromatic rings. The molecular formula is C22H27F2N3O5. The van der Waals surface area contributed by atoms with E-state index < -0.39 is 47.5 Å². The standard InChI is InChI=1S/C22H27F2N3O5/c1-13(28)26-7-8-27(22(32)15-9-16(23)11-17(24)10-15)21(26)20(31)25-18(12-19(29)30)14-5-3-2-4-6-14/h9-11,14,18,21H,2-8,12H2,1H3,(H,25,31)(H,29,30). The number of aliphatic carboxylic acids is 1. The number of rotatable bonds is 6. The second-order valence-corrected chi connectivity index (χ2v) is 8.35. The molecule has 3 rings (SSSR count). The molecule has 32 heavy (non-hydrogen) atoms. The molecule has 3 amide bonds. The van der Waals surface area contributed by atoms with E-state index in [1.54, 1.807) is 0 Å². The van der Waals surface area contributed by atoms with Crippen molar-refractivity contribution in [3.63, 3.8) is 0 Å². The molecule has 1 aromatic carbocycles. The number of carbonyl (C=O) groups excluding carboxylic acids is 3. The van der Waals surface area contributed by atoms with Crippen molar-refractivity contribution in [3.8, 4) is 0 Å². The van der Waals surface area contributed by atoms with Crippen LogP contribution >= 0.6 is 0 Å². The molecule has 2 aliphatic rings. The number of hydrogen-bond acceptors (Lipinski definition) is 4. The van der Waals surface area contributed by atoms with E-state index in [4.69, 9.17) is 0 Å². The number of nitrogens with one attached hydrogen (secondary N) is 1. The van der Waals surface area contributed by atoms with Gasteiger partial charge in [0.15, 0.2) is 6.17 Å². The minimum absolute atomic E-state index is 0.00165. The van der Waals surface area contributed by atoms with Crippen molar-refractivity contribution in [2.75, 3.05) is 13.1 Å². The molecule has 10 heteroatoms. The summed E-state index contributed by atoms with van der Waals surface area (Å²) >= 11 is 0. The molecule has 174 valence electrons. The predicted octanol–water partition coefficient (Wildman–Crippen LogP) is 2.13. The van der Waals surface area contributed by atoms with E-state index in [2.05, 4.69) is 5.32 Å². The van der Waals surface area contributed by atoms with Crippen LogP contribution in [0.15, 0.2) is 18.2 Å². The lowest BCUT2D eigenvalue weighted by atomic mass is 9.82. The summed E-state index contributed by atoms with van der Waals surface area (Å²) in [6.07, 6.45) is 2.90. The summed E-state index contributed by atoms with van der Waals surface area (Å²) in [6, 6.07) is 1.73. The number of amides is 3. The van der Waals surface area contributed by atoms with E-state index in [-0.39, 0.29) is 31.0 Å². The first-order chi connectivity index (χ1) is 15.2. The van der Waals surface area contributed by atoms with Gasteiger partial charge >= 0.3 is 5.97 Å². The molecule has 2 unspecified atom stereocenters. The zero-order valence-electron chi connectivity index (χ0n) is 17.9. The van der Waals surface area contributed by atoms with Gasteiger partial charge in [0.25, 0.3) is 11.8 Å². The summed E-state index contributed by atoms with van der Waals surface area (Å²) in [5.41, 5.74) is -0.278. The summed E-state index contributed by atoms with van der Waals surface area (Å²) < 4.78 is 27.3. The molecule has 0 aromatic heterocycles. The second kappa shape index (κ2) is 10.1. The Balaban J connectivity index is 1.85. The third-order valence-electron chi connectivity index (χ3n) is 6.12. The average molecular weight is 451 g/mol. The van der Waals surface area contributed by atoms with Crippen molar-refractivity contribution >= 4 is 23.7 Å². The van der Waals surface area contributed by atoms with Crippen LogP contribution in [-0.2, 0) is 14.4 Å². The van der Waals surface area contributed by atoms with Crippen LogP contribution in [0.4, 0.5) is 8.78 Å². The first-order valence-corrected chi connectivity index (χ1v) is 10.7. The molecule has 1 aliphatic carbocycles. The van der Waals surface area contributed by atoms with Gasteiger partial charge in [-0.1, -0.05) is 19.3 Å². The summed E-state index contributed by atoms with van der Waals surface area (Å²) in [4.78, 5) is 52.0. The van der Waals surface area contributed by atoms with E-state index in [1.165, 1.54) is 11.8 Å². The van der Waals surface area contributed by atoms with Gasteiger partial charge in [-0.2, -0.15) is 0 Å². The van der Waals surface area contributed by atoms with Crippen LogP contribution in [0.3, 0.4) is 0 Å². The third kappa shape index (κ3) is 5.41. The number of halogens is 2. The van der Waals surface area contributed by atoms with Gasteiger partial charge in [0, 0.05) is 37.7 Å². The van der Waals surface area contributed by atoms with Crippen molar-refractivity contribution in [2.24, 2.45) is 5.92 Å². The topological polar surface area (TPSA) is 107 Å². The summed E-state index contributed by atoms with van der Waals surface area (Å²) in [7, 11) is 0. The van der Waals surface area contributed by atoms with Gasteiger partial charge in [-0.3, -0.25) is 19.2 Å². The molecule has 0 bridgehead atoms. The van der Waals surface area contributed by atoms with E-state index in [9.17, 15) is 33.1 Å². The Morgan fingerprint density at radius 3 is 2.19 bits per heavy atom.